The summed E-state index contributed by atoms with van der Waals surface area (Å²) in [7, 11) is 1.67. The number of fused-ring (bicyclic) bond motifs is 1. The Morgan fingerprint density at radius 2 is 1.78 bits per heavy atom. The molecule has 5 amide bonds. The molecule has 0 radical (unpaired) electrons. The van der Waals surface area contributed by atoms with E-state index in [0.29, 0.717) is 18.4 Å². The number of rotatable bonds is 4. The van der Waals surface area contributed by atoms with Gasteiger partial charge in [0.15, 0.2) is 5.78 Å². The number of ketones is 1. The average Bonchev–Trinajstić information content (AvgIpc) is 3.31. The highest BCUT2D eigenvalue weighted by molar-refractivity contribution is 6.45. The molecule has 0 atom stereocenters. The SMILES string of the molecule is CN1C(=O)Cc2cc(C(=O)CN3C(=O)C(=O)N(C4CCCC4)C3=O)ccc21. The van der Waals surface area contributed by atoms with Crippen LogP contribution in [0.5, 0.6) is 0 Å². The highest BCUT2D eigenvalue weighted by Gasteiger charge is 2.48. The number of hydrogen-bond acceptors (Lipinski definition) is 5. The maximum atomic E-state index is 12.6. The minimum absolute atomic E-state index is 0.0581. The van der Waals surface area contributed by atoms with Gasteiger partial charge in [-0.05, 0) is 36.6 Å². The van der Waals surface area contributed by atoms with Crippen molar-refractivity contribution in [2.45, 2.75) is 38.1 Å². The number of urea groups is 1. The maximum Gasteiger partial charge on any atom is 0.334 e. The first-order valence-electron chi connectivity index (χ1n) is 9.00. The zero-order valence-electron chi connectivity index (χ0n) is 14.9. The third-order valence-corrected chi connectivity index (χ3v) is 5.55. The second-order valence-corrected chi connectivity index (χ2v) is 7.18. The molecule has 1 aliphatic carbocycles. The normalized spacial score (nSPS) is 20.3. The fourth-order valence-electron chi connectivity index (χ4n) is 4.02. The Hall–Kier alpha value is -3.03. The summed E-state index contributed by atoms with van der Waals surface area (Å²) in [4.78, 5) is 64.7. The summed E-state index contributed by atoms with van der Waals surface area (Å²) in [5.41, 5.74) is 1.78. The van der Waals surface area contributed by atoms with Gasteiger partial charge in [-0.1, -0.05) is 12.8 Å². The lowest BCUT2D eigenvalue weighted by atomic mass is 10.0. The molecule has 2 aliphatic heterocycles. The topological polar surface area (TPSA) is 95.1 Å². The molecule has 8 nitrogen and oxygen atoms in total. The number of anilines is 1. The molecule has 1 saturated heterocycles. The van der Waals surface area contributed by atoms with E-state index in [0.717, 1.165) is 33.9 Å². The van der Waals surface area contributed by atoms with Crippen LogP contribution in [0.2, 0.25) is 0 Å². The van der Waals surface area contributed by atoms with Crippen LogP contribution in [0, 0.1) is 0 Å². The molecule has 27 heavy (non-hydrogen) atoms. The molecule has 0 spiro atoms. The molecule has 8 heteroatoms. The number of likely N-dealkylation sites (N-methyl/N-ethyl adjacent to an activating group) is 1. The van der Waals surface area contributed by atoms with E-state index in [9.17, 15) is 24.0 Å². The first kappa shape index (κ1) is 17.4. The molecular formula is C19H19N3O5. The molecule has 1 aromatic rings. The van der Waals surface area contributed by atoms with Gasteiger partial charge in [-0.25, -0.2) is 9.69 Å². The third kappa shape index (κ3) is 2.72. The van der Waals surface area contributed by atoms with E-state index in [1.54, 1.807) is 25.2 Å². The van der Waals surface area contributed by atoms with Gasteiger partial charge in [0.25, 0.3) is 0 Å². The van der Waals surface area contributed by atoms with Crippen molar-refractivity contribution in [2.75, 3.05) is 18.5 Å². The zero-order valence-corrected chi connectivity index (χ0v) is 14.9. The molecule has 1 aromatic carbocycles. The van der Waals surface area contributed by atoms with Crippen molar-refractivity contribution in [2.24, 2.45) is 0 Å². The quantitative estimate of drug-likeness (QED) is 0.450. The van der Waals surface area contributed by atoms with E-state index in [4.69, 9.17) is 0 Å². The van der Waals surface area contributed by atoms with E-state index in [1.807, 2.05) is 0 Å². The molecule has 2 fully saturated rings. The molecule has 3 aliphatic rings. The number of amides is 5. The van der Waals surface area contributed by atoms with Gasteiger partial charge in [0.05, 0.1) is 13.0 Å². The van der Waals surface area contributed by atoms with E-state index in [1.165, 1.54) is 4.90 Å². The average molecular weight is 369 g/mol. The highest BCUT2D eigenvalue weighted by atomic mass is 16.2. The molecule has 2 heterocycles. The van der Waals surface area contributed by atoms with Crippen LogP contribution in [-0.4, -0.2) is 59.0 Å². The zero-order chi connectivity index (χ0) is 19.3. The van der Waals surface area contributed by atoms with Crippen molar-refractivity contribution < 1.29 is 24.0 Å². The van der Waals surface area contributed by atoms with Gasteiger partial charge in [-0.3, -0.25) is 24.1 Å². The van der Waals surface area contributed by atoms with Crippen LogP contribution in [0.15, 0.2) is 18.2 Å². The van der Waals surface area contributed by atoms with Gasteiger partial charge in [0, 0.05) is 24.3 Å². The van der Waals surface area contributed by atoms with E-state index in [-0.39, 0.29) is 18.4 Å². The van der Waals surface area contributed by atoms with Crippen molar-refractivity contribution in [3.63, 3.8) is 0 Å². The predicted molar refractivity (Wildman–Crippen MR) is 94.1 cm³/mol. The number of Topliss-reactive ketones (excluding diaryl/α,β-unsaturated/α-hetero) is 1. The van der Waals surface area contributed by atoms with Gasteiger partial charge >= 0.3 is 17.8 Å². The second-order valence-electron chi connectivity index (χ2n) is 7.18. The molecule has 1 saturated carbocycles. The van der Waals surface area contributed by atoms with Crippen molar-refractivity contribution >= 4 is 35.2 Å². The van der Waals surface area contributed by atoms with Gasteiger partial charge in [0.1, 0.15) is 0 Å². The van der Waals surface area contributed by atoms with Crippen LogP contribution in [0.3, 0.4) is 0 Å². The standard InChI is InChI=1S/C19H19N3O5/c1-20-14-7-6-11(8-12(14)9-16(20)24)15(23)10-21-17(25)18(26)22(19(21)27)13-4-2-3-5-13/h6-8,13H,2-5,9-10H2,1H3. The smallest absolute Gasteiger partial charge is 0.315 e. The van der Waals surface area contributed by atoms with Crippen LogP contribution in [0.4, 0.5) is 10.5 Å². The van der Waals surface area contributed by atoms with E-state index >= 15 is 0 Å². The molecule has 0 aromatic heterocycles. The number of carbonyl (C=O) groups excluding carboxylic acids is 5. The first-order valence-corrected chi connectivity index (χ1v) is 9.00. The van der Waals surface area contributed by atoms with Crippen LogP contribution in [0.25, 0.3) is 0 Å². The predicted octanol–water partition coefficient (Wildman–Crippen LogP) is 1.12. The molecule has 0 unspecified atom stereocenters. The Labute approximate surface area is 155 Å². The number of nitrogens with zero attached hydrogens (tertiary/aromatic N) is 3. The summed E-state index contributed by atoms with van der Waals surface area (Å²) < 4.78 is 0. The minimum atomic E-state index is -0.948. The van der Waals surface area contributed by atoms with Crippen molar-refractivity contribution in [1.29, 1.82) is 0 Å². The maximum absolute atomic E-state index is 12.6. The first-order chi connectivity index (χ1) is 12.9. The summed E-state index contributed by atoms with van der Waals surface area (Å²) >= 11 is 0. The van der Waals surface area contributed by atoms with Crippen molar-refractivity contribution in [3.8, 4) is 0 Å². The summed E-state index contributed by atoms with van der Waals surface area (Å²) in [6.07, 6.45) is 3.43. The lowest BCUT2D eigenvalue weighted by Crippen LogP contribution is -2.41. The highest BCUT2D eigenvalue weighted by Crippen LogP contribution is 2.30. The largest absolute Gasteiger partial charge is 0.334 e. The number of carbonyl (C=O) groups is 5. The number of hydrogen-bond donors (Lipinski definition) is 0. The minimum Gasteiger partial charge on any atom is -0.315 e. The van der Waals surface area contributed by atoms with Crippen LogP contribution < -0.4 is 4.90 Å². The Kier molecular flexibility index (Phi) is 4.05. The molecule has 0 N–H and O–H groups in total. The van der Waals surface area contributed by atoms with Crippen LogP contribution >= 0.6 is 0 Å². The fraction of sp³-hybridized carbons (Fsp3) is 0.421. The lowest BCUT2D eigenvalue weighted by Gasteiger charge is -2.20. The summed E-state index contributed by atoms with van der Waals surface area (Å²) in [5.74, 6) is -2.29. The fourth-order valence-corrected chi connectivity index (χ4v) is 4.02. The number of imide groups is 2. The van der Waals surface area contributed by atoms with Crippen molar-refractivity contribution in [1.82, 2.24) is 9.80 Å². The van der Waals surface area contributed by atoms with E-state index < -0.39 is 30.2 Å². The lowest BCUT2D eigenvalue weighted by molar-refractivity contribution is -0.143. The van der Waals surface area contributed by atoms with E-state index in [2.05, 4.69) is 0 Å². The van der Waals surface area contributed by atoms with Gasteiger partial charge in [-0.15, -0.1) is 0 Å². The number of benzene rings is 1. The Bertz CT molecular complexity index is 887. The van der Waals surface area contributed by atoms with Gasteiger partial charge < -0.3 is 4.90 Å². The van der Waals surface area contributed by atoms with Crippen LogP contribution in [0.1, 0.15) is 41.6 Å². The Morgan fingerprint density at radius 1 is 1.07 bits per heavy atom. The van der Waals surface area contributed by atoms with Gasteiger partial charge in [0.2, 0.25) is 5.91 Å². The second kappa shape index (κ2) is 6.29. The Balaban J connectivity index is 1.52. The van der Waals surface area contributed by atoms with Gasteiger partial charge in [-0.2, -0.15) is 0 Å². The van der Waals surface area contributed by atoms with Crippen LogP contribution in [-0.2, 0) is 20.8 Å². The summed E-state index contributed by atoms with van der Waals surface area (Å²) in [5, 5.41) is 0. The summed E-state index contributed by atoms with van der Waals surface area (Å²) in [6.45, 7) is -0.477. The Morgan fingerprint density at radius 3 is 2.48 bits per heavy atom. The molecular weight excluding hydrogens is 350 g/mol. The van der Waals surface area contributed by atoms with Crippen molar-refractivity contribution in [3.05, 3.63) is 29.3 Å². The third-order valence-electron chi connectivity index (χ3n) is 5.55. The monoisotopic (exact) mass is 369 g/mol. The molecule has 4 rings (SSSR count). The molecule has 0 bridgehead atoms. The summed E-state index contributed by atoms with van der Waals surface area (Å²) in [6, 6.07) is 3.90. The molecule has 140 valence electrons.